The Morgan fingerprint density at radius 3 is 2.53 bits per heavy atom. The number of allylic oxidation sites excluding steroid dienone is 3. The molecule has 0 atom stereocenters. The molecule has 0 heterocycles. The Bertz CT molecular complexity index is 217. The van der Waals surface area contributed by atoms with Crippen molar-refractivity contribution in [2.45, 2.75) is 46.0 Å². The number of primary amides is 1. The molecule has 0 aromatic carbocycles. The van der Waals surface area contributed by atoms with Gasteiger partial charge < -0.3 is 5.73 Å². The van der Waals surface area contributed by atoms with Gasteiger partial charge >= 0.3 is 0 Å². The van der Waals surface area contributed by atoms with E-state index in [1.54, 1.807) is 6.08 Å². The van der Waals surface area contributed by atoms with Crippen LogP contribution in [-0.2, 0) is 4.79 Å². The molecule has 2 nitrogen and oxygen atoms in total. The second kappa shape index (κ2) is 9.50. The minimum Gasteiger partial charge on any atom is -0.366 e. The summed E-state index contributed by atoms with van der Waals surface area (Å²) in [5.74, 6) is 0.427. The Hall–Kier alpha value is -1.05. The van der Waals surface area contributed by atoms with E-state index in [0.29, 0.717) is 0 Å². The van der Waals surface area contributed by atoms with Crippen molar-refractivity contribution < 1.29 is 4.79 Å². The van der Waals surface area contributed by atoms with E-state index in [1.165, 1.54) is 31.8 Å². The van der Waals surface area contributed by atoms with E-state index in [1.807, 2.05) is 6.08 Å². The number of carbonyl (C=O) groups is 1. The van der Waals surface area contributed by atoms with E-state index in [4.69, 9.17) is 5.73 Å². The first kappa shape index (κ1) is 13.9. The number of rotatable bonds is 8. The van der Waals surface area contributed by atoms with Crippen LogP contribution in [0.25, 0.3) is 0 Å². The van der Waals surface area contributed by atoms with Crippen molar-refractivity contribution in [3.63, 3.8) is 0 Å². The molecule has 0 spiro atoms. The first-order valence-corrected chi connectivity index (χ1v) is 5.75. The molecule has 0 unspecified atom stereocenters. The average molecular weight is 209 g/mol. The summed E-state index contributed by atoms with van der Waals surface area (Å²) < 4.78 is 0. The van der Waals surface area contributed by atoms with Crippen LogP contribution in [-0.4, -0.2) is 5.91 Å². The number of unbranched alkanes of at least 4 members (excludes halogenated alkanes) is 3. The smallest absolute Gasteiger partial charge is 0.241 e. The minimum atomic E-state index is -0.392. The Labute approximate surface area is 93.2 Å². The summed E-state index contributed by atoms with van der Waals surface area (Å²) in [6.07, 6.45) is 13.3. The summed E-state index contributed by atoms with van der Waals surface area (Å²) in [6.45, 7) is 4.52. The second-order valence-corrected chi connectivity index (χ2v) is 4.22. The van der Waals surface area contributed by atoms with Crippen molar-refractivity contribution in [3.05, 3.63) is 24.3 Å². The van der Waals surface area contributed by atoms with Gasteiger partial charge in [0.15, 0.2) is 0 Å². The Balaban J connectivity index is 3.27. The highest BCUT2D eigenvalue weighted by Crippen LogP contribution is 2.09. The number of carbonyl (C=O) groups excluding carboxylic acids is 1. The quantitative estimate of drug-likeness (QED) is 0.372. The van der Waals surface area contributed by atoms with E-state index < -0.39 is 5.91 Å². The van der Waals surface area contributed by atoms with Crippen molar-refractivity contribution in [1.29, 1.82) is 0 Å². The summed E-state index contributed by atoms with van der Waals surface area (Å²) in [7, 11) is 0. The van der Waals surface area contributed by atoms with Gasteiger partial charge in [-0.2, -0.15) is 0 Å². The molecule has 0 fully saturated rings. The van der Waals surface area contributed by atoms with Crippen molar-refractivity contribution in [1.82, 2.24) is 0 Å². The van der Waals surface area contributed by atoms with Gasteiger partial charge in [-0.3, -0.25) is 4.79 Å². The molecule has 0 aromatic rings. The molecule has 0 aliphatic rings. The number of hydrogen-bond donors (Lipinski definition) is 1. The van der Waals surface area contributed by atoms with Crippen LogP contribution in [0.3, 0.4) is 0 Å². The average Bonchev–Trinajstić information content (AvgIpc) is 2.14. The lowest BCUT2D eigenvalue weighted by Gasteiger charge is -2.02. The molecule has 0 aromatic heterocycles. The Morgan fingerprint density at radius 1 is 1.20 bits per heavy atom. The predicted molar refractivity (Wildman–Crippen MR) is 65.4 cm³/mol. The maximum Gasteiger partial charge on any atom is 0.241 e. The van der Waals surface area contributed by atoms with Crippen LogP contribution < -0.4 is 5.73 Å². The number of hydrogen-bond acceptors (Lipinski definition) is 1. The molecule has 86 valence electrons. The summed E-state index contributed by atoms with van der Waals surface area (Å²) in [5.41, 5.74) is 4.94. The second-order valence-electron chi connectivity index (χ2n) is 4.22. The minimum absolute atomic E-state index is 0.392. The van der Waals surface area contributed by atoms with Crippen molar-refractivity contribution >= 4 is 5.91 Å². The van der Waals surface area contributed by atoms with Crippen molar-refractivity contribution in [2.75, 3.05) is 0 Å². The first-order chi connectivity index (χ1) is 7.13. The van der Waals surface area contributed by atoms with Gasteiger partial charge in [0.25, 0.3) is 0 Å². The largest absolute Gasteiger partial charge is 0.366 e. The maximum atomic E-state index is 10.3. The van der Waals surface area contributed by atoms with Crippen LogP contribution >= 0.6 is 0 Å². The van der Waals surface area contributed by atoms with Crippen LogP contribution in [0.5, 0.6) is 0 Å². The monoisotopic (exact) mass is 209 g/mol. The molecule has 15 heavy (non-hydrogen) atoms. The molecule has 0 saturated carbocycles. The molecule has 0 saturated heterocycles. The maximum absolute atomic E-state index is 10.3. The number of amides is 1. The topological polar surface area (TPSA) is 43.1 Å². The van der Waals surface area contributed by atoms with Crippen molar-refractivity contribution in [3.8, 4) is 0 Å². The molecule has 0 aliphatic carbocycles. The summed E-state index contributed by atoms with van der Waals surface area (Å²) in [6, 6.07) is 0. The van der Waals surface area contributed by atoms with Crippen molar-refractivity contribution in [2.24, 2.45) is 11.7 Å². The predicted octanol–water partition coefficient (Wildman–Crippen LogP) is 3.19. The van der Waals surface area contributed by atoms with E-state index in [2.05, 4.69) is 19.9 Å². The number of nitrogens with two attached hydrogens (primary N) is 1. The lowest BCUT2D eigenvalue weighted by atomic mass is 10.0. The highest BCUT2D eigenvalue weighted by atomic mass is 16.1. The lowest BCUT2D eigenvalue weighted by Crippen LogP contribution is -2.04. The van der Waals surface area contributed by atoms with Gasteiger partial charge in [0.05, 0.1) is 0 Å². The zero-order valence-electron chi connectivity index (χ0n) is 9.91. The van der Waals surface area contributed by atoms with Crippen LogP contribution in [0, 0.1) is 5.92 Å². The van der Waals surface area contributed by atoms with Gasteiger partial charge in [-0.1, -0.05) is 51.3 Å². The standard InChI is InChI=1S/C13H23NO/c1-12(2)10-8-6-4-3-5-7-9-11-13(14)15/h5,7,9,11-12H,3-4,6,8,10H2,1-2H3,(H2,14,15). The van der Waals surface area contributed by atoms with Gasteiger partial charge in [0.2, 0.25) is 5.91 Å². The highest BCUT2D eigenvalue weighted by molar-refractivity contribution is 5.85. The van der Waals surface area contributed by atoms with Gasteiger partial charge in [-0.25, -0.2) is 0 Å². The molecular weight excluding hydrogens is 186 g/mol. The van der Waals surface area contributed by atoms with Gasteiger partial charge in [-0.15, -0.1) is 0 Å². The lowest BCUT2D eigenvalue weighted by molar-refractivity contribution is -0.113. The third-order valence-corrected chi connectivity index (χ3v) is 2.16. The van der Waals surface area contributed by atoms with Gasteiger partial charge in [0.1, 0.15) is 0 Å². The fourth-order valence-electron chi connectivity index (χ4n) is 1.32. The molecule has 2 N–H and O–H groups in total. The van der Waals surface area contributed by atoms with Gasteiger partial charge in [-0.05, 0) is 18.8 Å². The molecule has 0 bridgehead atoms. The van der Waals surface area contributed by atoms with Crippen LogP contribution in [0.15, 0.2) is 24.3 Å². The first-order valence-electron chi connectivity index (χ1n) is 5.75. The molecular formula is C13H23NO. The molecule has 0 rings (SSSR count). The fraction of sp³-hybridized carbons (Fsp3) is 0.615. The molecule has 2 heteroatoms. The highest BCUT2D eigenvalue weighted by Gasteiger charge is 1.92. The van der Waals surface area contributed by atoms with Crippen LogP contribution in [0.4, 0.5) is 0 Å². The third-order valence-electron chi connectivity index (χ3n) is 2.16. The third kappa shape index (κ3) is 12.9. The SMILES string of the molecule is CC(C)CCCCCC=CC=CC(N)=O. The zero-order valence-corrected chi connectivity index (χ0v) is 9.91. The summed E-state index contributed by atoms with van der Waals surface area (Å²) >= 11 is 0. The summed E-state index contributed by atoms with van der Waals surface area (Å²) in [5, 5.41) is 0. The molecule has 0 aliphatic heterocycles. The van der Waals surface area contributed by atoms with Crippen LogP contribution in [0.1, 0.15) is 46.0 Å². The van der Waals surface area contributed by atoms with E-state index in [0.717, 1.165) is 12.3 Å². The van der Waals surface area contributed by atoms with Gasteiger partial charge in [0, 0.05) is 6.08 Å². The van der Waals surface area contributed by atoms with E-state index >= 15 is 0 Å². The van der Waals surface area contributed by atoms with E-state index in [-0.39, 0.29) is 0 Å². The Kier molecular flexibility index (Phi) is 8.84. The fourth-order valence-corrected chi connectivity index (χ4v) is 1.32. The molecule has 1 amide bonds. The Morgan fingerprint density at radius 2 is 1.93 bits per heavy atom. The van der Waals surface area contributed by atoms with E-state index in [9.17, 15) is 4.79 Å². The summed E-state index contributed by atoms with van der Waals surface area (Å²) in [4.78, 5) is 10.3. The van der Waals surface area contributed by atoms with Crippen LogP contribution in [0.2, 0.25) is 0 Å². The normalized spacial score (nSPS) is 11.9. The molecule has 0 radical (unpaired) electrons. The zero-order chi connectivity index (χ0) is 11.5.